The van der Waals surface area contributed by atoms with Crippen LogP contribution in [0.25, 0.3) is 28.1 Å². The van der Waals surface area contributed by atoms with Crippen molar-refractivity contribution in [3.8, 4) is 17.3 Å². The third kappa shape index (κ3) is 5.96. The molecule has 0 spiro atoms. The largest absolute Gasteiger partial charge is 0.494 e. The minimum atomic E-state index is -4.64. The molecule has 0 aliphatic carbocycles. The maximum atomic E-state index is 14.6. The van der Waals surface area contributed by atoms with Gasteiger partial charge in [-0.3, -0.25) is 9.30 Å². The molecule has 5 rings (SSSR count). The molecule has 0 unspecified atom stereocenters. The van der Waals surface area contributed by atoms with E-state index in [1.165, 1.54) is 39.6 Å². The van der Waals surface area contributed by atoms with Crippen LogP contribution in [0.4, 0.5) is 22.4 Å². The van der Waals surface area contributed by atoms with Crippen LogP contribution in [0, 0.1) is 0 Å². The average molecular weight is 589 g/mol. The topological polar surface area (TPSA) is 85.1 Å². The lowest BCUT2D eigenvalue weighted by molar-refractivity contribution is -0.184. The summed E-state index contributed by atoms with van der Waals surface area (Å²) in [4.78, 5) is 19.9. The van der Waals surface area contributed by atoms with Gasteiger partial charge in [0.1, 0.15) is 35.3 Å². The van der Waals surface area contributed by atoms with Crippen molar-refractivity contribution in [2.24, 2.45) is 0 Å². The Kier molecular flexibility index (Phi) is 7.97. The number of para-hydroxylation sites is 1. The van der Waals surface area contributed by atoms with Crippen molar-refractivity contribution in [3.63, 3.8) is 0 Å². The molecule has 0 bridgehead atoms. The lowest BCUT2D eigenvalue weighted by Gasteiger charge is -2.33. The van der Waals surface area contributed by atoms with E-state index >= 15 is 0 Å². The summed E-state index contributed by atoms with van der Waals surface area (Å²) in [6.45, 7) is 3.90. The van der Waals surface area contributed by atoms with Crippen LogP contribution in [0.5, 0.6) is 5.75 Å². The number of amides is 1. The van der Waals surface area contributed by atoms with Crippen LogP contribution in [-0.4, -0.2) is 86.7 Å². The number of fused-ring (bicyclic) bond motifs is 2. The summed E-state index contributed by atoms with van der Waals surface area (Å²) in [6, 6.07) is 9.31. The van der Waals surface area contributed by atoms with E-state index in [1.807, 2.05) is 18.2 Å². The number of aromatic nitrogens is 4. The molecule has 1 aromatic carbocycles. The normalized spacial score (nSPS) is 17.1. The highest BCUT2D eigenvalue weighted by molar-refractivity contribution is 5.86. The number of carbonyl (C=O) groups is 1. The van der Waals surface area contributed by atoms with Gasteiger partial charge in [0.15, 0.2) is 11.5 Å². The number of hydrogen-bond donors (Lipinski definition) is 0. The zero-order valence-electron chi connectivity index (χ0n) is 23.7. The van der Waals surface area contributed by atoms with E-state index in [9.17, 15) is 22.4 Å². The second-order valence-electron chi connectivity index (χ2n) is 11.2. The third-order valence-corrected chi connectivity index (χ3v) is 7.14. The van der Waals surface area contributed by atoms with Gasteiger partial charge in [0, 0.05) is 30.7 Å². The molecule has 1 aliphatic rings. The predicted molar refractivity (Wildman–Crippen MR) is 148 cm³/mol. The Hall–Kier alpha value is -4.00. The zero-order valence-corrected chi connectivity index (χ0v) is 23.7. The minimum Gasteiger partial charge on any atom is -0.494 e. The monoisotopic (exact) mass is 588 g/mol. The van der Waals surface area contributed by atoms with Gasteiger partial charge < -0.3 is 14.4 Å². The Labute approximate surface area is 240 Å². The van der Waals surface area contributed by atoms with Gasteiger partial charge in [-0.25, -0.2) is 14.2 Å². The van der Waals surface area contributed by atoms with Crippen molar-refractivity contribution >= 4 is 22.6 Å². The molecule has 1 saturated heterocycles. The Morgan fingerprint density at radius 1 is 1.12 bits per heavy atom. The van der Waals surface area contributed by atoms with E-state index < -0.39 is 36.6 Å². The first kappa shape index (κ1) is 29.5. The van der Waals surface area contributed by atoms with Gasteiger partial charge in [-0.15, -0.1) is 10.2 Å². The van der Waals surface area contributed by atoms with Crippen molar-refractivity contribution < 1.29 is 31.8 Å². The van der Waals surface area contributed by atoms with Crippen LogP contribution in [0.3, 0.4) is 0 Å². The molecule has 3 aromatic heterocycles. The highest BCUT2D eigenvalue weighted by Gasteiger charge is 2.48. The summed E-state index contributed by atoms with van der Waals surface area (Å²) in [5.41, 5.74) is 0.514. The molecule has 9 nitrogen and oxygen atoms in total. The molecule has 0 radical (unpaired) electrons. The highest BCUT2D eigenvalue weighted by Crippen LogP contribution is 2.40. The number of carbonyl (C=O) groups excluding carboxylic acids is 1. The second-order valence-corrected chi connectivity index (χ2v) is 11.2. The fourth-order valence-corrected chi connectivity index (χ4v) is 5.35. The number of halogens is 4. The summed E-state index contributed by atoms with van der Waals surface area (Å²) >= 11 is 0. The van der Waals surface area contributed by atoms with E-state index in [-0.39, 0.29) is 37.4 Å². The van der Waals surface area contributed by atoms with Crippen LogP contribution >= 0.6 is 0 Å². The second kappa shape index (κ2) is 11.3. The number of benzene rings is 1. The number of hydrogen-bond acceptors (Lipinski definition) is 7. The van der Waals surface area contributed by atoms with Crippen molar-refractivity contribution in [1.82, 2.24) is 29.4 Å². The van der Waals surface area contributed by atoms with E-state index in [2.05, 4.69) is 15.2 Å². The fraction of sp³-hybridized carbons (Fsp3) is 0.448. The van der Waals surface area contributed by atoms with Crippen LogP contribution in [0.1, 0.15) is 38.8 Å². The van der Waals surface area contributed by atoms with Gasteiger partial charge >= 0.3 is 12.3 Å². The van der Waals surface area contributed by atoms with Crippen LogP contribution in [0.2, 0.25) is 0 Å². The van der Waals surface area contributed by atoms with Gasteiger partial charge in [-0.2, -0.15) is 13.2 Å². The SMILES string of the molecule is COc1cccc2ccc(-c3nnc4ccc([C@@H](N5CC[C@H](N(CCF)C(=O)OC(C)(C)C)C5)C(F)(F)F)cn34)nc12. The van der Waals surface area contributed by atoms with Crippen molar-refractivity contribution in [1.29, 1.82) is 0 Å². The number of alkyl halides is 4. The molecule has 2 atom stereocenters. The lowest BCUT2D eigenvalue weighted by Crippen LogP contribution is -2.46. The molecule has 4 aromatic rings. The number of likely N-dealkylation sites (tertiary alicyclic amines) is 1. The first-order valence-corrected chi connectivity index (χ1v) is 13.5. The first-order valence-electron chi connectivity index (χ1n) is 13.5. The smallest absolute Gasteiger partial charge is 0.410 e. The number of nitrogens with zero attached hydrogens (tertiary/aromatic N) is 6. The van der Waals surface area contributed by atoms with Crippen molar-refractivity contribution in [3.05, 3.63) is 54.2 Å². The zero-order chi connectivity index (χ0) is 30.2. The molecule has 224 valence electrons. The van der Waals surface area contributed by atoms with Crippen LogP contribution in [0.15, 0.2) is 48.7 Å². The molecular formula is C29H32F4N6O3. The number of pyridine rings is 2. The maximum absolute atomic E-state index is 14.6. The van der Waals surface area contributed by atoms with E-state index in [1.54, 1.807) is 32.9 Å². The molecule has 0 saturated carbocycles. The molecular weight excluding hydrogens is 556 g/mol. The number of rotatable bonds is 7. The molecule has 0 N–H and O–H groups in total. The summed E-state index contributed by atoms with van der Waals surface area (Å²) in [7, 11) is 1.53. The van der Waals surface area contributed by atoms with E-state index in [0.29, 0.717) is 22.6 Å². The maximum Gasteiger partial charge on any atom is 0.410 e. The Morgan fingerprint density at radius 2 is 1.90 bits per heavy atom. The summed E-state index contributed by atoms with van der Waals surface area (Å²) in [6.07, 6.45) is -3.76. The quantitative estimate of drug-likeness (QED) is 0.251. The summed E-state index contributed by atoms with van der Waals surface area (Å²) in [5, 5.41) is 9.18. The van der Waals surface area contributed by atoms with Gasteiger partial charge in [-0.1, -0.05) is 24.3 Å². The molecule has 42 heavy (non-hydrogen) atoms. The Balaban J connectivity index is 1.48. The lowest BCUT2D eigenvalue weighted by atomic mass is 10.1. The van der Waals surface area contributed by atoms with Crippen LogP contribution in [-0.2, 0) is 4.74 Å². The standard InChI is InChI=1S/C29H32F4N6O3/c1-28(2,3)42-27(40)38(15-13-30)20-12-14-37(17-20)25(29(31,32)33)19-9-11-23-35-36-26(39(23)16-19)21-10-8-18-6-5-7-22(41-4)24(18)34-21/h5-11,16,20,25H,12-15,17H2,1-4H3/t20-,25+/m0/s1. The number of methoxy groups -OCH3 is 1. The van der Waals surface area contributed by atoms with Gasteiger partial charge in [0.05, 0.1) is 13.7 Å². The fourth-order valence-electron chi connectivity index (χ4n) is 5.35. The van der Waals surface area contributed by atoms with Gasteiger partial charge in [0.2, 0.25) is 0 Å². The molecule has 13 heteroatoms. The Morgan fingerprint density at radius 3 is 2.60 bits per heavy atom. The minimum absolute atomic E-state index is 0.0237. The molecule has 1 aliphatic heterocycles. The Bertz CT molecular complexity index is 1590. The predicted octanol–water partition coefficient (Wildman–Crippen LogP) is 5.84. The van der Waals surface area contributed by atoms with Gasteiger partial charge in [0.25, 0.3) is 0 Å². The van der Waals surface area contributed by atoms with Crippen molar-refractivity contribution in [2.45, 2.75) is 51.1 Å². The van der Waals surface area contributed by atoms with E-state index in [4.69, 9.17) is 9.47 Å². The molecule has 1 amide bonds. The molecule has 1 fully saturated rings. The molecule has 4 heterocycles. The summed E-state index contributed by atoms with van der Waals surface area (Å²) in [5.74, 6) is 0.830. The summed E-state index contributed by atoms with van der Waals surface area (Å²) < 4.78 is 69.6. The van der Waals surface area contributed by atoms with Gasteiger partial charge in [-0.05, 0) is 51.0 Å². The van der Waals surface area contributed by atoms with Crippen molar-refractivity contribution in [2.75, 3.05) is 33.4 Å². The van der Waals surface area contributed by atoms with E-state index in [0.717, 1.165) is 5.39 Å². The third-order valence-electron chi connectivity index (χ3n) is 7.14. The first-order chi connectivity index (χ1) is 19.9. The van der Waals surface area contributed by atoms with Crippen LogP contribution < -0.4 is 4.74 Å². The number of ether oxygens (including phenoxy) is 2. The average Bonchev–Trinajstić information content (AvgIpc) is 3.56. The highest BCUT2D eigenvalue weighted by atomic mass is 19.4.